The first-order valence-electron chi connectivity index (χ1n) is 9.03. The molecule has 8 heteroatoms. The molecule has 1 aromatic heterocycles. The molecule has 0 unspecified atom stereocenters. The van der Waals surface area contributed by atoms with Gasteiger partial charge in [0.05, 0.1) is 11.0 Å². The van der Waals surface area contributed by atoms with Crippen molar-refractivity contribution >= 4 is 26.8 Å². The first-order valence-corrected chi connectivity index (χ1v) is 10.5. The summed E-state index contributed by atoms with van der Waals surface area (Å²) in [6.45, 7) is 3.67. The minimum atomic E-state index is -4.19. The molecule has 1 aromatic carbocycles. The van der Waals surface area contributed by atoms with Crippen LogP contribution in [-0.4, -0.2) is 31.5 Å². The zero-order valence-corrected chi connectivity index (χ0v) is 16.1. The second-order valence-corrected chi connectivity index (χ2v) is 8.74. The van der Waals surface area contributed by atoms with Gasteiger partial charge in [-0.2, -0.15) is 0 Å². The molecule has 6 nitrogen and oxygen atoms in total. The number of aromatic nitrogens is 1. The predicted octanol–water partition coefficient (Wildman–Crippen LogP) is 3.16. The smallest absolute Gasteiger partial charge is 0.264 e. The average molecular weight is 394 g/mol. The van der Waals surface area contributed by atoms with Gasteiger partial charge in [0.2, 0.25) is 0 Å². The Bertz CT molecular complexity index is 948. The molecule has 0 radical (unpaired) electrons. The minimum Gasteiger partial charge on any atom is -0.365 e. The fourth-order valence-electron chi connectivity index (χ4n) is 3.47. The Kier molecular flexibility index (Phi) is 5.76. The summed E-state index contributed by atoms with van der Waals surface area (Å²) < 4.78 is 47.0. The Morgan fingerprint density at radius 2 is 2.11 bits per heavy atom. The van der Waals surface area contributed by atoms with Gasteiger partial charge in [-0.15, -0.1) is 0 Å². The number of ether oxygens (including phenoxy) is 1. The number of hydrogen-bond acceptors (Lipinski definition) is 5. The summed E-state index contributed by atoms with van der Waals surface area (Å²) in [4.78, 5) is 16.1. The monoisotopic (exact) mass is 394 g/mol. The largest absolute Gasteiger partial charge is 0.365 e. The lowest BCUT2D eigenvalue weighted by Gasteiger charge is -2.28. The van der Waals surface area contributed by atoms with E-state index in [4.69, 9.17) is 4.74 Å². The number of amides is 1. The molecule has 27 heavy (non-hydrogen) atoms. The summed E-state index contributed by atoms with van der Waals surface area (Å²) in [6.07, 6.45) is 4.32. The lowest BCUT2D eigenvalue weighted by atomic mass is 9.88. The quantitative estimate of drug-likeness (QED) is 0.842. The fourth-order valence-corrected chi connectivity index (χ4v) is 4.71. The van der Waals surface area contributed by atoms with E-state index in [0.717, 1.165) is 37.8 Å². The van der Waals surface area contributed by atoms with Gasteiger partial charge in [0.15, 0.2) is 0 Å². The van der Waals surface area contributed by atoms with Gasteiger partial charge in [-0.3, -0.25) is 9.78 Å². The molecule has 1 amide bonds. The van der Waals surface area contributed by atoms with Gasteiger partial charge in [-0.25, -0.2) is 17.5 Å². The first-order chi connectivity index (χ1) is 12.8. The van der Waals surface area contributed by atoms with Gasteiger partial charge >= 0.3 is 0 Å². The van der Waals surface area contributed by atoms with Crippen molar-refractivity contribution in [3.8, 4) is 0 Å². The highest BCUT2D eigenvalue weighted by atomic mass is 32.2. The van der Waals surface area contributed by atoms with Crippen LogP contribution >= 0.6 is 0 Å². The van der Waals surface area contributed by atoms with Crippen LogP contribution in [0.1, 0.15) is 39.5 Å². The van der Waals surface area contributed by atoms with Gasteiger partial charge < -0.3 is 4.74 Å². The van der Waals surface area contributed by atoms with Crippen molar-refractivity contribution in [2.75, 3.05) is 0 Å². The summed E-state index contributed by atoms with van der Waals surface area (Å²) >= 11 is 0. The fraction of sp³-hybridized carbons (Fsp3) is 0.474. The van der Waals surface area contributed by atoms with E-state index in [1.165, 1.54) is 25.3 Å². The zero-order valence-electron chi connectivity index (χ0n) is 15.3. The number of hydrogen-bond donors (Lipinski definition) is 1. The number of benzene rings is 1. The topological polar surface area (TPSA) is 85.4 Å². The van der Waals surface area contributed by atoms with Crippen LogP contribution < -0.4 is 4.72 Å². The Hall–Kier alpha value is -2.06. The molecule has 3 rings (SSSR count). The van der Waals surface area contributed by atoms with Gasteiger partial charge in [0, 0.05) is 11.6 Å². The number of nitrogens with zero attached hydrogens (tertiary/aromatic N) is 1. The lowest BCUT2D eigenvalue weighted by Crippen LogP contribution is -2.40. The molecule has 1 fully saturated rings. The number of carbonyl (C=O) groups excluding carboxylic acids is 1. The third kappa shape index (κ3) is 4.44. The van der Waals surface area contributed by atoms with Crippen LogP contribution in [0.4, 0.5) is 4.39 Å². The Morgan fingerprint density at radius 1 is 1.33 bits per heavy atom. The van der Waals surface area contributed by atoms with Crippen molar-refractivity contribution in [1.29, 1.82) is 0 Å². The van der Waals surface area contributed by atoms with Crippen molar-refractivity contribution in [3.05, 3.63) is 36.3 Å². The molecule has 0 aliphatic heterocycles. The molecule has 1 saturated carbocycles. The van der Waals surface area contributed by atoms with E-state index in [9.17, 15) is 17.6 Å². The number of halogens is 1. The second-order valence-electron chi connectivity index (χ2n) is 7.09. The molecule has 0 bridgehead atoms. The highest BCUT2D eigenvalue weighted by Gasteiger charge is 2.28. The standard InChI is InChI=1S/C19H23FN2O4S/c1-12-5-3-6-14(11-12)26-13(2)19(23)22-27(24,25)17-9-8-16(20)18-15(17)7-4-10-21-18/h4,7-10,12-14H,3,5-6,11H2,1-2H3,(H,22,23)/t12-,13+,14+/m1/s1. The predicted molar refractivity (Wildman–Crippen MR) is 99.0 cm³/mol. The van der Waals surface area contributed by atoms with E-state index in [1.807, 2.05) is 4.72 Å². The normalized spacial score (nSPS) is 21.7. The highest BCUT2D eigenvalue weighted by Crippen LogP contribution is 2.27. The molecule has 1 heterocycles. The summed E-state index contributed by atoms with van der Waals surface area (Å²) in [5.41, 5.74) is -0.0617. The maximum absolute atomic E-state index is 13.9. The van der Waals surface area contributed by atoms with Crippen molar-refractivity contribution in [3.63, 3.8) is 0 Å². The highest BCUT2D eigenvalue weighted by molar-refractivity contribution is 7.90. The molecule has 0 saturated heterocycles. The number of pyridine rings is 1. The van der Waals surface area contributed by atoms with Crippen LogP contribution in [-0.2, 0) is 19.6 Å². The molecule has 1 aliphatic carbocycles. The van der Waals surface area contributed by atoms with E-state index < -0.39 is 27.9 Å². The molecule has 2 aromatic rings. The third-order valence-corrected chi connectivity index (χ3v) is 6.26. The van der Waals surface area contributed by atoms with E-state index in [-0.39, 0.29) is 21.9 Å². The van der Waals surface area contributed by atoms with Crippen molar-refractivity contribution in [2.24, 2.45) is 5.92 Å². The van der Waals surface area contributed by atoms with Crippen LogP contribution in [0.25, 0.3) is 10.9 Å². The summed E-state index contributed by atoms with van der Waals surface area (Å²) in [6, 6.07) is 5.12. The maximum atomic E-state index is 13.9. The summed E-state index contributed by atoms with van der Waals surface area (Å²) in [7, 11) is -4.19. The van der Waals surface area contributed by atoms with E-state index >= 15 is 0 Å². The van der Waals surface area contributed by atoms with Crippen LogP contribution in [0.15, 0.2) is 35.4 Å². The number of nitrogens with one attached hydrogen (secondary N) is 1. The van der Waals surface area contributed by atoms with Gasteiger partial charge in [0.1, 0.15) is 17.4 Å². The zero-order chi connectivity index (χ0) is 19.6. The van der Waals surface area contributed by atoms with Gasteiger partial charge in [-0.05, 0) is 49.9 Å². The Balaban J connectivity index is 1.76. The van der Waals surface area contributed by atoms with Crippen molar-refractivity contribution in [2.45, 2.75) is 56.6 Å². The average Bonchev–Trinajstić information content (AvgIpc) is 2.61. The van der Waals surface area contributed by atoms with E-state index in [0.29, 0.717) is 5.92 Å². The molecular formula is C19H23FN2O4S. The third-order valence-electron chi connectivity index (χ3n) is 4.86. The Morgan fingerprint density at radius 3 is 2.85 bits per heavy atom. The van der Waals surface area contributed by atoms with Gasteiger partial charge in [0.25, 0.3) is 15.9 Å². The van der Waals surface area contributed by atoms with E-state index in [2.05, 4.69) is 11.9 Å². The second kappa shape index (κ2) is 7.90. The number of sulfonamides is 1. The first kappa shape index (κ1) is 19.7. The summed E-state index contributed by atoms with van der Waals surface area (Å²) in [5, 5.41) is 0.118. The van der Waals surface area contributed by atoms with Crippen LogP contribution in [0.2, 0.25) is 0 Å². The lowest BCUT2D eigenvalue weighted by molar-refractivity contribution is -0.135. The number of rotatable bonds is 5. The van der Waals surface area contributed by atoms with E-state index in [1.54, 1.807) is 0 Å². The van der Waals surface area contributed by atoms with Crippen molar-refractivity contribution in [1.82, 2.24) is 9.71 Å². The molecule has 0 spiro atoms. The molecular weight excluding hydrogens is 371 g/mol. The molecule has 3 atom stereocenters. The van der Waals surface area contributed by atoms with Gasteiger partial charge in [-0.1, -0.05) is 19.8 Å². The molecule has 1 aliphatic rings. The summed E-state index contributed by atoms with van der Waals surface area (Å²) in [5.74, 6) is -0.839. The van der Waals surface area contributed by atoms with Crippen LogP contribution in [0.5, 0.6) is 0 Å². The Labute approximate surface area is 158 Å². The number of carbonyl (C=O) groups is 1. The van der Waals surface area contributed by atoms with Crippen molar-refractivity contribution < 1.29 is 22.3 Å². The van der Waals surface area contributed by atoms with Crippen LogP contribution in [0, 0.1) is 11.7 Å². The number of fused-ring (bicyclic) bond motifs is 1. The minimum absolute atomic E-state index is 0.0481. The maximum Gasteiger partial charge on any atom is 0.264 e. The molecule has 146 valence electrons. The molecule has 1 N–H and O–H groups in total. The SMILES string of the molecule is C[C@@H]1CCC[C@H](O[C@@H](C)C(=O)NS(=O)(=O)c2ccc(F)c3ncccc23)C1. The van der Waals surface area contributed by atoms with Crippen LogP contribution in [0.3, 0.4) is 0 Å².